The largest absolute Gasteiger partial charge is 0.496 e. The fraction of sp³-hybridized carbons (Fsp3) is 0.364. The van der Waals surface area contributed by atoms with Crippen molar-refractivity contribution in [1.82, 2.24) is 14.3 Å². The van der Waals surface area contributed by atoms with Gasteiger partial charge in [-0.1, -0.05) is 81.4 Å². The third-order valence-corrected chi connectivity index (χ3v) is 7.22. The van der Waals surface area contributed by atoms with Crippen molar-refractivity contribution in [2.45, 2.75) is 71.9 Å². The maximum Gasteiger partial charge on any atom is 0.346 e. The number of benzene rings is 3. The van der Waals surface area contributed by atoms with Crippen LogP contribution in [-0.2, 0) is 42.6 Å². The van der Waals surface area contributed by atoms with Crippen LogP contribution in [0.4, 0.5) is 0 Å². The van der Waals surface area contributed by atoms with Crippen molar-refractivity contribution < 1.29 is 14.6 Å². The van der Waals surface area contributed by atoms with Gasteiger partial charge < -0.3 is 9.84 Å². The van der Waals surface area contributed by atoms with Gasteiger partial charge >= 0.3 is 11.7 Å². The van der Waals surface area contributed by atoms with Crippen LogP contribution in [-0.4, -0.2) is 32.5 Å². The van der Waals surface area contributed by atoms with Crippen molar-refractivity contribution in [2.24, 2.45) is 0 Å². The second kappa shape index (κ2) is 12.4. The predicted octanol–water partition coefficient (Wildman–Crippen LogP) is 5.89. The standard InChI is InChI=1S/C33H39N3O4/c1-6-35-30(34-36(32(35)39)22-24-13-17-28(18-14-24)33(2,3)4)12-8-10-23-9-7-11-25(19-23)26-15-16-27(21-31(37)38)29(20-26)40-5/h7,9,11,13-20H,6,8,10,12,21-22H2,1-5H3,(H,37,38). The van der Waals surface area contributed by atoms with Crippen molar-refractivity contribution in [3.05, 3.63) is 105 Å². The van der Waals surface area contributed by atoms with E-state index in [9.17, 15) is 9.59 Å². The molecule has 0 saturated carbocycles. The third kappa shape index (κ3) is 6.89. The van der Waals surface area contributed by atoms with Crippen LogP contribution in [0.2, 0.25) is 0 Å². The Kier molecular flexibility index (Phi) is 8.93. The molecule has 0 unspecified atom stereocenters. The van der Waals surface area contributed by atoms with E-state index in [1.54, 1.807) is 16.4 Å². The van der Waals surface area contributed by atoms with Gasteiger partial charge in [-0.25, -0.2) is 9.48 Å². The molecule has 0 radical (unpaired) electrons. The first kappa shape index (κ1) is 28.9. The van der Waals surface area contributed by atoms with Crippen LogP contribution in [0.15, 0.2) is 71.5 Å². The molecule has 210 valence electrons. The predicted molar refractivity (Wildman–Crippen MR) is 158 cm³/mol. The van der Waals surface area contributed by atoms with Crippen molar-refractivity contribution >= 4 is 5.97 Å². The normalized spacial score (nSPS) is 11.5. The molecule has 0 amide bonds. The quantitative estimate of drug-likeness (QED) is 0.256. The van der Waals surface area contributed by atoms with Gasteiger partial charge in [0.25, 0.3) is 0 Å². The molecule has 4 rings (SSSR count). The number of aliphatic carboxylic acids is 1. The highest BCUT2D eigenvalue weighted by Gasteiger charge is 2.15. The highest BCUT2D eigenvalue weighted by Crippen LogP contribution is 2.29. The smallest absolute Gasteiger partial charge is 0.346 e. The Bertz CT molecular complexity index is 1520. The molecular formula is C33H39N3O4. The molecular weight excluding hydrogens is 502 g/mol. The number of nitrogens with zero attached hydrogens (tertiary/aromatic N) is 3. The van der Waals surface area contributed by atoms with Crippen LogP contribution in [0.25, 0.3) is 11.1 Å². The lowest BCUT2D eigenvalue weighted by Crippen LogP contribution is -2.25. The summed E-state index contributed by atoms with van der Waals surface area (Å²) in [7, 11) is 1.56. The van der Waals surface area contributed by atoms with Gasteiger partial charge in [0.2, 0.25) is 0 Å². The van der Waals surface area contributed by atoms with Gasteiger partial charge in [0, 0.05) is 18.5 Å². The summed E-state index contributed by atoms with van der Waals surface area (Å²) in [5.41, 5.74) is 6.21. The third-order valence-electron chi connectivity index (χ3n) is 7.22. The molecule has 0 fully saturated rings. The van der Waals surface area contributed by atoms with Crippen molar-refractivity contribution in [1.29, 1.82) is 0 Å². The summed E-state index contributed by atoms with van der Waals surface area (Å²) in [6.07, 6.45) is 2.34. The van der Waals surface area contributed by atoms with E-state index in [0.29, 0.717) is 30.8 Å². The molecule has 7 nitrogen and oxygen atoms in total. The average molecular weight is 542 g/mol. The van der Waals surface area contributed by atoms with E-state index in [1.165, 1.54) is 11.1 Å². The molecule has 0 bridgehead atoms. The van der Waals surface area contributed by atoms with Crippen LogP contribution >= 0.6 is 0 Å². The average Bonchev–Trinajstić information content (AvgIpc) is 3.22. The van der Waals surface area contributed by atoms with E-state index in [2.05, 4.69) is 57.2 Å². The molecule has 1 N–H and O–H groups in total. The molecule has 0 aliphatic heterocycles. The number of ether oxygens (including phenoxy) is 1. The number of rotatable bonds is 11. The number of aryl methyl sites for hydroxylation is 2. The summed E-state index contributed by atoms with van der Waals surface area (Å²) < 4.78 is 8.79. The summed E-state index contributed by atoms with van der Waals surface area (Å²) >= 11 is 0. The van der Waals surface area contributed by atoms with E-state index in [-0.39, 0.29) is 17.5 Å². The van der Waals surface area contributed by atoms with Gasteiger partial charge in [-0.15, -0.1) is 0 Å². The number of methoxy groups -OCH3 is 1. The molecule has 4 aromatic rings. The molecule has 7 heteroatoms. The van der Waals surface area contributed by atoms with E-state index in [1.807, 2.05) is 37.3 Å². The van der Waals surface area contributed by atoms with Gasteiger partial charge in [0.15, 0.2) is 0 Å². The monoisotopic (exact) mass is 541 g/mol. The zero-order chi connectivity index (χ0) is 28.9. The molecule has 0 spiro atoms. The molecule has 0 atom stereocenters. The molecule has 1 heterocycles. The fourth-order valence-corrected chi connectivity index (χ4v) is 4.96. The maximum absolute atomic E-state index is 13.0. The number of carboxylic acids is 1. The minimum atomic E-state index is -0.888. The number of hydrogen-bond acceptors (Lipinski definition) is 4. The summed E-state index contributed by atoms with van der Waals surface area (Å²) in [5, 5.41) is 13.8. The lowest BCUT2D eigenvalue weighted by molar-refractivity contribution is -0.136. The molecule has 0 saturated heterocycles. The molecule has 0 aliphatic rings. The molecule has 0 aliphatic carbocycles. The first-order valence-electron chi connectivity index (χ1n) is 13.8. The second-order valence-electron chi connectivity index (χ2n) is 11.2. The van der Waals surface area contributed by atoms with Gasteiger partial charge in [-0.3, -0.25) is 9.36 Å². The van der Waals surface area contributed by atoms with E-state index < -0.39 is 5.97 Å². The van der Waals surface area contributed by atoms with Crippen LogP contribution in [0.3, 0.4) is 0 Å². The number of hydrogen-bond donors (Lipinski definition) is 1. The van der Waals surface area contributed by atoms with Crippen LogP contribution < -0.4 is 10.4 Å². The summed E-state index contributed by atoms with van der Waals surface area (Å²) in [6, 6.07) is 22.4. The van der Waals surface area contributed by atoms with Crippen LogP contribution in [0.1, 0.15) is 62.2 Å². The van der Waals surface area contributed by atoms with Gasteiger partial charge in [0.1, 0.15) is 11.6 Å². The maximum atomic E-state index is 13.0. The Labute approximate surface area is 236 Å². The zero-order valence-electron chi connectivity index (χ0n) is 24.1. The molecule has 3 aromatic carbocycles. The number of carbonyl (C=O) groups is 1. The van der Waals surface area contributed by atoms with Crippen molar-refractivity contribution in [3.63, 3.8) is 0 Å². The minimum absolute atomic E-state index is 0.0697. The highest BCUT2D eigenvalue weighted by atomic mass is 16.5. The topological polar surface area (TPSA) is 86.3 Å². The summed E-state index contributed by atoms with van der Waals surface area (Å²) in [4.78, 5) is 24.2. The van der Waals surface area contributed by atoms with E-state index in [0.717, 1.165) is 35.4 Å². The van der Waals surface area contributed by atoms with Gasteiger partial charge in [-0.2, -0.15) is 5.10 Å². The van der Waals surface area contributed by atoms with Crippen molar-refractivity contribution in [3.8, 4) is 16.9 Å². The lowest BCUT2D eigenvalue weighted by atomic mass is 9.87. The summed E-state index contributed by atoms with van der Waals surface area (Å²) in [6.45, 7) is 9.60. The van der Waals surface area contributed by atoms with Crippen molar-refractivity contribution in [2.75, 3.05) is 7.11 Å². The van der Waals surface area contributed by atoms with Gasteiger partial charge in [0.05, 0.1) is 20.1 Å². The number of carboxylic acid groups (broad SMARTS) is 1. The van der Waals surface area contributed by atoms with Crippen LogP contribution in [0.5, 0.6) is 5.75 Å². The molecule has 40 heavy (non-hydrogen) atoms. The zero-order valence-corrected chi connectivity index (χ0v) is 24.1. The second-order valence-corrected chi connectivity index (χ2v) is 11.2. The fourth-order valence-electron chi connectivity index (χ4n) is 4.96. The highest BCUT2D eigenvalue weighted by molar-refractivity contribution is 5.73. The number of aromatic nitrogens is 3. The Morgan fingerprint density at radius 2 is 1.68 bits per heavy atom. The minimum Gasteiger partial charge on any atom is -0.496 e. The Hall–Kier alpha value is -4.13. The lowest BCUT2D eigenvalue weighted by Gasteiger charge is -2.19. The molecule has 1 aromatic heterocycles. The summed E-state index contributed by atoms with van der Waals surface area (Å²) in [5.74, 6) is 0.499. The SMILES string of the molecule is CCn1c(CCCc2cccc(-c3ccc(CC(=O)O)c(OC)c3)c2)nn(Cc2ccc(C(C)(C)C)cc2)c1=O. The Morgan fingerprint density at radius 1 is 0.950 bits per heavy atom. The van der Waals surface area contributed by atoms with Gasteiger partial charge in [-0.05, 0) is 59.1 Å². The Morgan fingerprint density at radius 3 is 2.33 bits per heavy atom. The first-order chi connectivity index (χ1) is 19.1. The Balaban J connectivity index is 1.44. The van der Waals surface area contributed by atoms with Crippen LogP contribution in [0, 0.1) is 0 Å². The first-order valence-corrected chi connectivity index (χ1v) is 13.8. The van der Waals surface area contributed by atoms with E-state index >= 15 is 0 Å². The van der Waals surface area contributed by atoms with E-state index in [4.69, 9.17) is 14.9 Å².